The molecule has 110 valence electrons. The summed E-state index contributed by atoms with van der Waals surface area (Å²) < 4.78 is 5.89. The Labute approximate surface area is 121 Å². The molecule has 4 heteroatoms. The highest BCUT2D eigenvalue weighted by atomic mass is 16.5. The van der Waals surface area contributed by atoms with Gasteiger partial charge in [0.1, 0.15) is 5.82 Å². The molecule has 1 aromatic heterocycles. The van der Waals surface area contributed by atoms with Gasteiger partial charge in [0.05, 0.1) is 17.9 Å². The molecule has 2 unspecified atom stereocenters. The quantitative estimate of drug-likeness (QED) is 0.919. The lowest BCUT2D eigenvalue weighted by Gasteiger charge is -2.33. The molecule has 20 heavy (non-hydrogen) atoms. The molecule has 2 saturated heterocycles. The van der Waals surface area contributed by atoms with E-state index >= 15 is 0 Å². The highest BCUT2D eigenvalue weighted by molar-refractivity contribution is 5.40. The fourth-order valence-electron chi connectivity index (χ4n) is 2.90. The second-order valence-electron chi connectivity index (χ2n) is 6.95. The van der Waals surface area contributed by atoms with Gasteiger partial charge in [0.25, 0.3) is 0 Å². The van der Waals surface area contributed by atoms with Crippen LogP contribution in [0.5, 0.6) is 0 Å². The molecule has 3 heterocycles. The van der Waals surface area contributed by atoms with Crippen LogP contribution in [0.4, 0.5) is 5.82 Å². The van der Waals surface area contributed by atoms with Gasteiger partial charge in [0, 0.05) is 25.2 Å². The predicted molar refractivity (Wildman–Crippen MR) is 80.9 cm³/mol. The molecule has 2 aliphatic rings. The Hall–Kier alpha value is -1.13. The molecule has 2 atom stereocenters. The summed E-state index contributed by atoms with van der Waals surface area (Å²) >= 11 is 0. The van der Waals surface area contributed by atoms with Crippen molar-refractivity contribution in [3.05, 3.63) is 23.9 Å². The average Bonchev–Trinajstić information content (AvgIpc) is 2.75. The minimum atomic E-state index is 0.121. The molecule has 3 rings (SSSR count). The highest BCUT2D eigenvalue weighted by Gasteiger charge is 2.34. The molecular weight excluding hydrogens is 250 g/mol. The Balaban J connectivity index is 1.68. The first-order valence-corrected chi connectivity index (χ1v) is 7.61. The summed E-state index contributed by atoms with van der Waals surface area (Å²) in [5, 5.41) is 3.49. The molecule has 1 N–H and O–H groups in total. The molecule has 2 fully saturated rings. The van der Waals surface area contributed by atoms with Crippen molar-refractivity contribution in [1.29, 1.82) is 0 Å². The number of morpholine rings is 1. The Morgan fingerprint density at radius 1 is 1.25 bits per heavy atom. The lowest BCUT2D eigenvalue weighted by molar-refractivity contribution is 0.0302. The van der Waals surface area contributed by atoms with Crippen LogP contribution in [0.3, 0.4) is 0 Å². The first-order valence-electron chi connectivity index (χ1n) is 7.61. The number of anilines is 1. The maximum atomic E-state index is 5.89. The van der Waals surface area contributed by atoms with Crippen molar-refractivity contribution in [3.8, 4) is 0 Å². The Morgan fingerprint density at radius 2 is 1.95 bits per heavy atom. The van der Waals surface area contributed by atoms with Gasteiger partial charge in [0.15, 0.2) is 0 Å². The number of rotatable bonds is 3. The summed E-state index contributed by atoms with van der Waals surface area (Å²) in [4.78, 5) is 7.19. The number of pyridine rings is 1. The zero-order valence-corrected chi connectivity index (χ0v) is 12.7. The maximum absolute atomic E-state index is 5.89. The average molecular weight is 275 g/mol. The molecule has 2 aliphatic heterocycles. The lowest BCUT2D eigenvalue weighted by Crippen LogP contribution is -2.43. The maximum Gasteiger partial charge on any atom is 0.129 e. The molecular formula is C16H25N3O. The van der Waals surface area contributed by atoms with Gasteiger partial charge in [-0.15, -0.1) is 0 Å². The van der Waals surface area contributed by atoms with E-state index in [4.69, 9.17) is 9.72 Å². The molecule has 0 aliphatic carbocycles. The topological polar surface area (TPSA) is 37.4 Å². The zero-order valence-electron chi connectivity index (χ0n) is 12.7. The second-order valence-corrected chi connectivity index (χ2v) is 6.95. The molecule has 0 radical (unpaired) electrons. The van der Waals surface area contributed by atoms with Crippen molar-refractivity contribution in [2.24, 2.45) is 0 Å². The third-order valence-electron chi connectivity index (χ3n) is 3.96. The van der Waals surface area contributed by atoms with E-state index in [0.717, 1.165) is 31.1 Å². The van der Waals surface area contributed by atoms with E-state index in [9.17, 15) is 0 Å². The summed E-state index contributed by atoms with van der Waals surface area (Å²) in [6.45, 7) is 9.32. The summed E-state index contributed by atoms with van der Waals surface area (Å²) in [5.74, 6) is 1.10. The molecule has 0 saturated carbocycles. The minimum absolute atomic E-state index is 0.121. The van der Waals surface area contributed by atoms with Crippen molar-refractivity contribution in [1.82, 2.24) is 10.3 Å². The van der Waals surface area contributed by atoms with Gasteiger partial charge >= 0.3 is 0 Å². The number of nitrogens with one attached hydrogen (secondary N) is 1. The van der Waals surface area contributed by atoms with E-state index in [0.29, 0.717) is 12.2 Å². The molecule has 2 bridgehead atoms. The van der Waals surface area contributed by atoms with Gasteiger partial charge in [-0.2, -0.15) is 0 Å². The first-order chi connectivity index (χ1) is 9.49. The van der Waals surface area contributed by atoms with E-state index in [1.807, 2.05) is 0 Å². The highest BCUT2D eigenvalue weighted by Crippen LogP contribution is 2.28. The van der Waals surface area contributed by atoms with Crippen LogP contribution >= 0.6 is 0 Å². The van der Waals surface area contributed by atoms with Crippen molar-refractivity contribution in [2.45, 2.75) is 57.9 Å². The summed E-state index contributed by atoms with van der Waals surface area (Å²) in [6, 6.07) is 6.32. The SMILES string of the molecule is CC(C)(C)NCc1cccc(N2CC3CCC(C2)O3)n1. The van der Waals surface area contributed by atoms with E-state index < -0.39 is 0 Å². The zero-order chi connectivity index (χ0) is 14.2. The fourth-order valence-corrected chi connectivity index (χ4v) is 2.90. The molecule has 0 aromatic carbocycles. The number of hydrogen-bond donors (Lipinski definition) is 1. The molecule has 0 amide bonds. The Morgan fingerprint density at radius 3 is 2.60 bits per heavy atom. The monoisotopic (exact) mass is 275 g/mol. The van der Waals surface area contributed by atoms with Crippen LogP contribution in [0.25, 0.3) is 0 Å². The molecule has 1 aromatic rings. The summed E-state index contributed by atoms with van der Waals surface area (Å²) in [5.41, 5.74) is 1.23. The number of nitrogens with zero attached hydrogens (tertiary/aromatic N) is 2. The molecule has 0 spiro atoms. The lowest BCUT2D eigenvalue weighted by atomic mass is 10.1. The Kier molecular flexibility index (Phi) is 3.69. The van der Waals surface area contributed by atoms with E-state index in [1.165, 1.54) is 12.8 Å². The van der Waals surface area contributed by atoms with Gasteiger partial charge in [-0.25, -0.2) is 4.98 Å². The van der Waals surface area contributed by atoms with Crippen molar-refractivity contribution < 1.29 is 4.74 Å². The minimum Gasteiger partial charge on any atom is -0.371 e. The number of fused-ring (bicyclic) bond motifs is 2. The fraction of sp³-hybridized carbons (Fsp3) is 0.688. The van der Waals surface area contributed by atoms with Crippen LogP contribution in [0.1, 0.15) is 39.3 Å². The van der Waals surface area contributed by atoms with Crippen molar-refractivity contribution in [3.63, 3.8) is 0 Å². The van der Waals surface area contributed by atoms with E-state index in [1.54, 1.807) is 0 Å². The van der Waals surface area contributed by atoms with Gasteiger partial charge in [-0.05, 0) is 45.7 Å². The van der Waals surface area contributed by atoms with Crippen LogP contribution in [0, 0.1) is 0 Å². The van der Waals surface area contributed by atoms with Crippen LogP contribution in [-0.2, 0) is 11.3 Å². The number of hydrogen-bond acceptors (Lipinski definition) is 4. The third-order valence-corrected chi connectivity index (χ3v) is 3.96. The van der Waals surface area contributed by atoms with E-state index in [-0.39, 0.29) is 5.54 Å². The van der Waals surface area contributed by atoms with Crippen LogP contribution in [0.15, 0.2) is 18.2 Å². The number of aromatic nitrogens is 1. The standard InChI is InChI=1S/C16H25N3O/c1-16(2,3)17-9-12-5-4-6-15(18-12)19-10-13-7-8-14(11-19)20-13/h4-6,13-14,17H,7-11H2,1-3H3. The second kappa shape index (κ2) is 5.34. The summed E-state index contributed by atoms with van der Waals surface area (Å²) in [6.07, 6.45) is 3.22. The van der Waals surface area contributed by atoms with Gasteiger partial charge < -0.3 is 15.0 Å². The third kappa shape index (κ3) is 3.30. The largest absolute Gasteiger partial charge is 0.371 e. The van der Waals surface area contributed by atoms with Crippen LogP contribution in [-0.4, -0.2) is 35.8 Å². The van der Waals surface area contributed by atoms with Gasteiger partial charge in [-0.3, -0.25) is 0 Å². The van der Waals surface area contributed by atoms with Crippen LogP contribution in [0.2, 0.25) is 0 Å². The van der Waals surface area contributed by atoms with Gasteiger partial charge in [-0.1, -0.05) is 6.07 Å². The van der Waals surface area contributed by atoms with E-state index in [2.05, 4.69) is 49.2 Å². The smallest absolute Gasteiger partial charge is 0.129 e. The predicted octanol–water partition coefficient (Wildman–Crippen LogP) is 2.34. The summed E-state index contributed by atoms with van der Waals surface area (Å²) in [7, 11) is 0. The molecule has 4 nitrogen and oxygen atoms in total. The Bertz CT molecular complexity index is 457. The number of ether oxygens (including phenoxy) is 1. The van der Waals surface area contributed by atoms with Crippen molar-refractivity contribution >= 4 is 5.82 Å². The normalized spacial score (nSPS) is 26.1. The van der Waals surface area contributed by atoms with Crippen LogP contribution < -0.4 is 10.2 Å². The van der Waals surface area contributed by atoms with Gasteiger partial charge in [0.2, 0.25) is 0 Å². The first kappa shape index (κ1) is 13.8. The van der Waals surface area contributed by atoms with Crippen molar-refractivity contribution in [2.75, 3.05) is 18.0 Å².